The Labute approximate surface area is 340 Å². The second-order valence-corrected chi connectivity index (χ2v) is 15.1. The summed E-state index contributed by atoms with van der Waals surface area (Å²) in [5.41, 5.74) is 8.43. The molecule has 2 heterocycles. The van der Waals surface area contributed by atoms with Crippen molar-refractivity contribution in [2.75, 3.05) is 0 Å². The molecule has 12 rings (SSSR count). The molecule has 0 radical (unpaired) electrons. The highest BCUT2D eigenvalue weighted by molar-refractivity contribution is 6.26. The van der Waals surface area contributed by atoms with Gasteiger partial charge in [0.15, 0.2) is 17.5 Å². The maximum Gasteiger partial charge on any atom is 0.166 e. The van der Waals surface area contributed by atoms with E-state index in [1.807, 2.05) is 18.2 Å². The molecule has 10 aromatic carbocycles. The van der Waals surface area contributed by atoms with Crippen LogP contribution in [0.4, 0.5) is 0 Å². The lowest BCUT2D eigenvalue weighted by molar-refractivity contribution is 1.07. The van der Waals surface area contributed by atoms with Crippen molar-refractivity contribution in [1.29, 1.82) is 0 Å². The van der Waals surface area contributed by atoms with Crippen molar-refractivity contribution in [3.05, 3.63) is 206 Å². The average molecular weight is 751 g/mol. The SMILES string of the molecule is c1ccc(-c2nc(-c3cc4c5ccccc5c5ccccc5c4cc3-n3c4ccccc4c4c(-c5ccccc5)cccc43)nc(-c3cccc4ccccc34)n2)cc1. The molecular formula is C55H34N4. The van der Waals surface area contributed by atoms with E-state index >= 15 is 0 Å². The second-order valence-electron chi connectivity index (χ2n) is 15.1. The molecule has 0 spiro atoms. The molecule has 0 saturated carbocycles. The van der Waals surface area contributed by atoms with Crippen LogP contribution in [0.3, 0.4) is 0 Å². The number of nitrogens with zero attached hydrogens (tertiary/aromatic N) is 4. The first-order valence-corrected chi connectivity index (χ1v) is 20.0. The van der Waals surface area contributed by atoms with E-state index in [1.54, 1.807) is 0 Å². The Hall–Kier alpha value is -7.95. The molecule has 0 aliphatic heterocycles. The molecule has 0 bridgehead atoms. The van der Waals surface area contributed by atoms with Gasteiger partial charge in [-0.1, -0.05) is 182 Å². The van der Waals surface area contributed by atoms with Gasteiger partial charge in [-0.15, -0.1) is 0 Å². The van der Waals surface area contributed by atoms with Crippen molar-refractivity contribution < 1.29 is 0 Å². The predicted molar refractivity (Wildman–Crippen MR) is 246 cm³/mol. The third-order valence-corrected chi connectivity index (χ3v) is 11.8. The van der Waals surface area contributed by atoms with Gasteiger partial charge in [-0.2, -0.15) is 0 Å². The van der Waals surface area contributed by atoms with Crippen LogP contribution in [-0.2, 0) is 0 Å². The summed E-state index contributed by atoms with van der Waals surface area (Å²) in [7, 11) is 0. The molecule has 0 fully saturated rings. The highest BCUT2D eigenvalue weighted by Gasteiger charge is 2.23. The maximum absolute atomic E-state index is 5.46. The summed E-state index contributed by atoms with van der Waals surface area (Å²) < 4.78 is 2.43. The van der Waals surface area contributed by atoms with Gasteiger partial charge >= 0.3 is 0 Å². The minimum absolute atomic E-state index is 0.612. The van der Waals surface area contributed by atoms with Gasteiger partial charge in [-0.05, 0) is 78.5 Å². The van der Waals surface area contributed by atoms with Gasteiger partial charge in [0.2, 0.25) is 0 Å². The molecule has 274 valence electrons. The lowest BCUT2D eigenvalue weighted by atomic mass is 9.92. The summed E-state index contributed by atoms with van der Waals surface area (Å²) >= 11 is 0. The van der Waals surface area contributed by atoms with Gasteiger partial charge in [0.05, 0.1) is 16.7 Å². The summed E-state index contributed by atoms with van der Waals surface area (Å²) in [6.07, 6.45) is 0. The minimum atomic E-state index is 0.612. The van der Waals surface area contributed by atoms with Crippen LogP contribution in [0.5, 0.6) is 0 Å². The van der Waals surface area contributed by atoms with E-state index in [0.29, 0.717) is 17.5 Å². The van der Waals surface area contributed by atoms with E-state index in [-0.39, 0.29) is 0 Å². The number of rotatable bonds is 5. The Morgan fingerprint density at radius 1 is 0.288 bits per heavy atom. The minimum Gasteiger partial charge on any atom is -0.308 e. The van der Waals surface area contributed by atoms with Crippen LogP contribution < -0.4 is 0 Å². The Bertz CT molecular complexity index is 3600. The topological polar surface area (TPSA) is 43.6 Å². The van der Waals surface area contributed by atoms with Crippen molar-refractivity contribution in [3.63, 3.8) is 0 Å². The van der Waals surface area contributed by atoms with Gasteiger partial charge < -0.3 is 4.57 Å². The zero-order valence-electron chi connectivity index (χ0n) is 31.9. The monoisotopic (exact) mass is 750 g/mol. The van der Waals surface area contributed by atoms with E-state index in [4.69, 9.17) is 15.0 Å². The maximum atomic E-state index is 5.46. The van der Waals surface area contributed by atoms with Crippen molar-refractivity contribution in [2.45, 2.75) is 0 Å². The first-order valence-electron chi connectivity index (χ1n) is 20.0. The first kappa shape index (κ1) is 33.2. The van der Waals surface area contributed by atoms with Crippen molar-refractivity contribution >= 4 is 64.9 Å². The highest BCUT2D eigenvalue weighted by Crippen LogP contribution is 2.44. The van der Waals surface area contributed by atoms with E-state index < -0.39 is 0 Å². The number of hydrogen-bond acceptors (Lipinski definition) is 3. The third-order valence-electron chi connectivity index (χ3n) is 11.8. The quantitative estimate of drug-likeness (QED) is 0.165. The van der Waals surface area contributed by atoms with Gasteiger partial charge in [-0.3, -0.25) is 0 Å². The van der Waals surface area contributed by atoms with Crippen LogP contribution in [0, 0.1) is 0 Å². The lowest BCUT2D eigenvalue weighted by Gasteiger charge is -2.18. The van der Waals surface area contributed by atoms with E-state index in [1.165, 1.54) is 48.8 Å². The summed E-state index contributed by atoms with van der Waals surface area (Å²) in [5.74, 6) is 1.87. The van der Waals surface area contributed by atoms with Crippen LogP contribution in [-0.4, -0.2) is 19.5 Å². The van der Waals surface area contributed by atoms with Crippen LogP contribution in [0.2, 0.25) is 0 Å². The molecule has 0 saturated heterocycles. The van der Waals surface area contributed by atoms with E-state index in [0.717, 1.165) is 49.6 Å². The van der Waals surface area contributed by atoms with E-state index in [9.17, 15) is 0 Å². The number of fused-ring (bicyclic) bond motifs is 10. The largest absolute Gasteiger partial charge is 0.308 e. The van der Waals surface area contributed by atoms with Crippen LogP contribution >= 0.6 is 0 Å². The Kier molecular flexibility index (Phi) is 7.50. The van der Waals surface area contributed by atoms with Gasteiger partial charge in [0.1, 0.15) is 0 Å². The fraction of sp³-hybridized carbons (Fsp3) is 0. The molecule has 59 heavy (non-hydrogen) atoms. The number of para-hydroxylation sites is 1. The fourth-order valence-corrected chi connectivity index (χ4v) is 9.19. The molecular weight excluding hydrogens is 717 g/mol. The molecule has 0 aliphatic rings. The standard InChI is InChI=1S/C55H34N4/c1-3-17-36(18-4-1)39-29-16-32-50-52(39)45-28-13-14-31-49(45)59(50)51-34-47-43-27-12-10-25-41(43)40-24-9-11-26-42(40)46(47)33-48(51)55-57-53(37-20-5-2-6-21-37)56-54(58-55)44-30-15-22-35-19-7-8-23-38(35)44/h1-34H. The summed E-state index contributed by atoms with van der Waals surface area (Å²) in [6.45, 7) is 0. The molecule has 0 atom stereocenters. The highest BCUT2D eigenvalue weighted by atomic mass is 15.1. The Balaban J connectivity index is 1.25. The number of benzene rings is 10. The molecule has 0 amide bonds. The fourth-order valence-electron chi connectivity index (χ4n) is 9.19. The predicted octanol–water partition coefficient (Wildman–Crippen LogP) is 14.2. The number of hydrogen-bond donors (Lipinski definition) is 0. The second kappa shape index (κ2) is 13.3. The van der Waals surface area contributed by atoms with Gasteiger partial charge in [-0.25, -0.2) is 15.0 Å². The normalized spacial score (nSPS) is 11.7. The Morgan fingerprint density at radius 2 is 0.763 bits per heavy atom. The van der Waals surface area contributed by atoms with E-state index in [2.05, 4.69) is 193 Å². The van der Waals surface area contributed by atoms with Gasteiger partial charge in [0.25, 0.3) is 0 Å². The summed E-state index contributed by atoms with van der Waals surface area (Å²) in [6, 6.07) is 73.4. The molecule has 4 heteroatoms. The van der Waals surface area contributed by atoms with Crippen LogP contribution in [0.1, 0.15) is 0 Å². The zero-order valence-corrected chi connectivity index (χ0v) is 31.9. The molecule has 4 nitrogen and oxygen atoms in total. The van der Waals surface area contributed by atoms with Crippen molar-refractivity contribution in [1.82, 2.24) is 19.5 Å². The third kappa shape index (κ3) is 5.27. The van der Waals surface area contributed by atoms with Crippen LogP contribution in [0.15, 0.2) is 206 Å². The average Bonchev–Trinajstić information content (AvgIpc) is 3.66. The van der Waals surface area contributed by atoms with Gasteiger partial charge in [0, 0.05) is 27.5 Å². The molecule has 0 unspecified atom stereocenters. The smallest absolute Gasteiger partial charge is 0.166 e. The molecule has 0 N–H and O–H groups in total. The molecule has 2 aromatic heterocycles. The lowest BCUT2D eigenvalue weighted by Crippen LogP contribution is -2.04. The molecule has 12 aromatic rings. The van der Waals surface area contributed by atoms with Crippen molar-refractivity contribution in [2.24, 2.45) is 0 Å². The zero-order chi connectivity index (χ0) is 38.9. The van der Waals surface area contributed by atoms with Crippen LogP contribution in [0.25, 0.3) is 116 Å². The number of aromatic nitrogens is 4. The van der Waals surface area contributed by atoms with Crippen molar-refractivity contribution in [3.8, 4) is 51.0 Å². The Morgan fingerprint density at radius 3 is 1.47 bits per heavy atom. The summed E-state index contributed by atoms with van der Waals surface area (Å²) in [5, 5.41) is 11.8. The summed E-state index contributed by atoms with van der Waals surface area (Å²) in [4.78, 5) is 16.1. The first-order chi connectivity index (χ1) is 29.3. The molecule has 0 aliphatic carbocycles.